The van der Waals surface area contributed by atoms with E-state index in [0.717, 1.165) is 10.6 Å². The highest BCUT2D eigenvalue weighted by Gasteiger charge is 2.20. The van der Waals surface area contributed by atoms with Crippen LogP contribution in [0, 0.1) is 0 Å². The Morgan fingerprint density at radius 3 is 2.39 bits per heavy atom. The van der Waals surface area contributed by atoms with E-state index in [-0.39, 0.29) is 22.8 Å². The number of aromatic hydroxyl groups is 1. The normalized spacial score (nSPS) is 11.3. The van der Waals surface area contributed by atoms with Crippen molar-refractivity contribution in [1.82, 2.24) is 4.57 Å². The minimum Gasteiger partial charge on any atom is -0.502 e. The average Bonchev–Trinajstić information content (AvgIpc) is 2.50. The molecule has 1 heterocycles. The molecule has 2 aromatic rings. The number of benzene rings is 1. The number of aromatic nitrogens is 1. The standard InChI is InChI=1S/C15H15NO6S/c1-16-10(9-12(17)14(18)13(16)15(19)20)7-8-23(21,22)11-5-3-2-4-6-11/h2-6,9,18H,7-8H2,1H3,(H,19,20). The lowest BCUT2D eigenvalue weighted by Gasteiger charge is -2.13. The minimum absolute atomic E-state index is 0.0521. The van der Waals surface area contributed by atoms with E-state index < -0.39 is 32.7 Å². The van der Waals surface area contributed by atoms with Crippen molar-refractivity contribution in [2.45, 2.75) is 11.3 Å². The van der Waals surface area contributed by atoms with Crippen molar-refractivity contribution in [3.63, 3.8) is 0 Å². The third kappa shape index (κ3) is 3.42. The number of aromatic carboxylic acids is 1. The Kier molecular flexibility index (Phi) is 4.55. The number of hydrogen-bond donors (Lipinski definition) is 2. The Morgan fingerprint density at radius 2 is 1.83 bits per heavy atom. The summed E-state index contributed by atoms with van der Waals surface area (Å²) < 4.78 is 25.6. The summed E-state index contributed by atoms with van der Waals surface area (Å²) in [4.78, 5) is 22.9. The van der Waals surface area contributed by atoms with E-state index in [1.165, 1.54) is 19.2 Å². The number of pyridine rings is 1. The summed E-state index contributed by atoms with van der Waals surface area (Å²) in [5, 5.41) is 18.6. The first-order chi connectivity index (χ1) is 10.7. The number of aryl methyl sites for hydroxylation is 1. The van der Waals surface area contributed by atoms with Crippen LogP contribution in [0.15, 0.2) is 46.1 Å². The maximum absolute atomic E-state index is 12.2. The van der Waals surface area contributed by atoms with Crippen LogP contribution in [0.5, 0.6) is 5.75 Å². The van der Waals surface area contributed by atoms with Crippen molar-refractivity contribution in [2.24, 2.45) is 7.05 Å². The fourth-order valence-corrected chi connectivity index (χ4v) is 3.49. The molecular formula is C15H15NO6S. The van der Waals surface area contributed by atoms with Gasteiger partial charge >= 0.3 is 5.97 Å². The molecule has 1 aromatic carbocycles. The second kappa shape index (κ2) is 6.25. The minimum atomic E-state index is -3.56. The molecule has 0 aliphatic rings. The number of carboxylic acid groups (broad SMARTS) is 1. The molecule has 0 saturated heterocycles. The Morgan fingerprint density at radius 1 is 1.22 bits per heavy atom. The number of nitrogens with zero attached hydrogens (tertiary/aromatic N) is 1. The number of rotatable bonds is 5. The lowest BCUT2D eigenvalue weighted by Crippen LogP contribution is -2.21. The predicted octanol–water partition coefficient (Wildman–Crippen LogP) is 0.806. The first-order valence-corrected chi connectivity index (χ1v) is 8.32. The average molecular weight is 337 g/mol. The van der Waals surface area contributed by atoms with E-state index in [4.69, 9.17) is 5.11 Å². The fraction of sp³-hybridized carbons (Fsp3) is 0.200. The summed E-state index contributed by atoms with van der Waals surface area (Å²) in [5.74, 6) is -2.61. The molecule has 0 spiro atoms. The summed E-state index contributed by atoms with van der Waals surface area (Å²) in [5.41, 5.74) is -1.21. The van der Waals surface area contributed by atoms with E-state index in [9.17, 15) is 23.1 Å². The van der Waals surface area contributed by atoms with Gasteiger partial charge in [-0.2, -0.15) is 0 Å². The third-order valence-corrected chi connectivity index (χ3v) is 5.19. The predicted molar refractivity (Wildman–Crippen MR) is 82.5 cm³/mol. The van der Waals surface area contributed by atoms with Gasteiger partial charge in [0.05, 0.1) is 10.6 Å². The van der Waals surface area contributed by atoms with Crippen molar-refractivity contribution in [1.29, 1.82) is 0 Å². The van der Waals surface area contributed by atoms with Crippen LogP contribution in [0.3, 0.4) is 0 Å². The first kappa shape index (κ1) is 16.8. The van der Waals surface area contributed by atoms with Crippen LogP contribution in [0.2, 0.25) is 0 Å². The molecule has 0 amide bonds. The molecule has 122 valence electrons. The van der Waals surface area contributed by atoms with E-state index in [0.29, 0.717) is 0 Å². The van der Waals surface area contributed by atoms with Gasteiger partial charge in [-0.15, -0.1) is 0 Å². The molecule has 2 N–H and O–H groups in total. The van der Waals surface area contributed by atoms with E-state index in [1.54, 1.807) is 18.2 Å². The van der Waals surface area contributed by atoms with Crippen molar-refractivity contribution < 1.29 is 23.4 Å². The van der Waals surface area contributed by atoms with Gasteiger partial charge in [-0.1, -0.05) is 18.2 Å². The van der Waals surface area contributed by atoms with Crippen molar-refractivity contribution in [3.05, 3.63) is 58.0 Å². The molecule has 8 heteroatoms. The van der Waals surface area contributed by atoms with Gasteiger partial charge in [-0.3, -0.25) is 4.79 Å². The lowest BCUT2D eigenvalue weighted by atomic mass is 10.2. The quantitative estimate of drug-likeness (QED) is 0.834. The van der Waals surface area contributed by atoms with E-state index in [2.05, 4.69) is 0 Å². The molecule has 0 fully saturated rings. The largest absolute Gasteiger partial charge is 0.502 e. The highest BCUT2D eigenvalue weighted by molar-refractivity contribution is 7.91. The van der Waals surface area contributed by atoms with Crippen LogP contribution in [0.25, 0.3) is 0 Å². The van der Waals surface area contributed by atoms with Crippen molar-refractivity contribution >= 4 is 15.8 Å². The Hall–Kier alpha value is -2.61. The SMILES string of the molecule is Cn1c(CCS(=O)(=O)c2ccccc2)cc(=O)c(O)c1C(=O)O. The molecule has 0 aliphatic carbocycles. The van der Waals surface area contributed by atoms with Crippen LogP contribution in [0.4, 0.5) is 0 Å². The molecule has 7 nitrogen and oxygen atoms in total. The van der Waals surface area contributed by atoms with Gasteiger partial charge in [-0.25, -0.2) is 13.2 Å². The van der Waals surface area contributed by atoms with Crippen LogP contribution in [-0.2, 0) is 23.3 Å². The third-order valence-electron chi connectivity index (χ3n) is 3.45. The van der Waals surface area contributed by atoms with Gasteiger partial charge in [0, 0.05) is 25.2 Å². The van der Waals surface area contributed by atoms with E-state index >= 15 is 0 Å². The van der Waals surface area contributed by atoms with Gasteiger partial charge in [0.1, 0.15) is 0 Å². The molecule has 2 rings (SSSR count). The zero-order valence-electron chi connectivity index (χ0n) is 12.3. The van der Waals surface area contributed by atoms with Crippen molar-refractivity contribution in [3.8, 4) is 5.75 Å². The zero-order valence-corrected chi connectivity index (χ0v) is 13.1. The Labute approximate surface area is 132 Å². The number of sulfone groups is 1. The Bertz CT molecular complexity index is 900. The second-order valence-corrected chi connectivity index (χ2v) is 7.05. The van der Waals surface area contributed by atoms with Gasteiger partial charge in [0.25, 0.3) is 0 Å². The summed E-state index contributed by atoms with van der Waals surface area (Å²) in [6, 6.07) is 8.88. The Balaban J connectivity index is 2.35. The van der Waals surface area contributed by atoms with Crippen LogP contribution in [0.1, 0.15) is 16.2 Å². The summed E-state index contributed by atoms with van der Waals surface area (Å²) in [6.07, 6.45) is -0.0521. The summed E-state index contributed by atoms with van der Waals surface area (Å²) >= 11 is 0. The molecular weight excluding hydrogens is 322 g/mol. The molecule has 0 atom stereocenters. The van der Waals surface area contributed by atoms with Gasteiger partial charge in [0.15, 0.2) is 21.3 Å². The van der Waals surface area contributed by atoms with E-state index in [1.807, 2.05) is 0 Å². The molecule has 1 aromatic heterocycles. The molecule has 23 heavy (non-hydrogen) atoms. The number of hydrogen-bond acceptors (Lipinski definition) is 5. The number of carbonyl (C=O) groups is 1. The van der Waals surface area contributed by atoms with Crippen molar-refractivity contribution in [2.75, 3.05) is 5.75 Å². The maximum atomic E-state index is 12.2. The molecule has 0 aliphatic heterocycles. The highest BCUT2D eigenvalue weighted by atomic mass is 32.2. The topological polar surface area (TPSA) is 114 Å². The zero-order chi connectivity index (χ0) is 17.2. The van der Waals surface area contributed by atoms with Crippen LogP contribution in [-0.4, -0.2) is 34.9 Å². The smallest absolute Gasteiger partial charge is 0.356 e. The second-order valence-electron chi connectivity index (χ2n) is 4.94. The van der Waals surface area contributed by atoms with Gasteiger partial charge in [0.2, 0.25) is 5.43 Å². The highest BCUT2D eigenvalue weighted by Crippen LogP contribution is 2.16. The molecule has 0 radical (unpaired) electrons. The van der Waals surface area contributed by atoms with Gasteiger partial charge < -0.3 is 14.8 Å². The molecule has 0 saturated carbocycles. The number of carboxylic acids is 1. The monoisotopic (exact) mass is 337 g/mol. The first-order valence-electron chi connectivity index (χ1n) is 6.67. The fourth-order valence-electron chi connectivity index (χ4n) is 2.20. The van der Waals surface area contributed by atoms with Gasteiger partial charge in [-0.05, 0) is 12.1 Å². The van der Waals surface area contributed by atoms with Crippen LogP contribution < -0.4 is 5.43 Å². The summed E-state index contributed by atoms with van der Waals surface area (Å²) in [6.45, 7) is 0. The summed E-state index contributed by atoms with van der Waals surface area (Å²) in [7, 11) is -2.20. The lowest BCUT2D eigenvalue weighted by molar-refractivity contribution is 0.0681. The molecule has 0 unspecified atom stereocenters. The van der Waals surface area contributed by atoms with Crippen LogP contribution >= 0.6 is 0 Å². The maximum Gasteiger partial charge on any atom is 0.356 e. The molecule has 0 bridgehead atoms.